The van der Waals surface area contributed by atoms with Gasteiger partial charge in [-0.15, -0.1) is 6.42 Å². The van der Waals surface area contributed by atoms with Gasteiger partial charge in [0.05, 0.1) is 11.1 Å². The van der Waals surface area contributed by atoms with Crippen LogP contribution in [0.5, 0.6) is 17.5 Å². The van der Waals surface area contributed by atoms with E-state index >= 15 is 0 Å². The minimum Gasteiger partial charge on any atom is -0.473 e. The highest BCUT2D eigenvalue weighted by Crippen LogP contribution is 2.28. The van der Waals surface area contributed by atoms with Gasteiger partial charge in [0.1, 0.15) is 24.0 Å². The van der Waals surface area contributed by atoms with Gasteiger partial charge in [0, 0.05) is 12.6 Å². The van der Waals surface area contributed by atoms with E-state index in [1.807, 2.05) is 0 Å². The van der Waals surface area contributed by atoms with E-state index in [4.69, 9.17) is 15.9 Å². The van der Waals surface area contributed by atoms with Crippen LogP contribution >= 0.6 is 0 Å². The average Bonchev–Trinajstić information content (AvgIpc) is 3.17. The van der Waals surface area contributed by atoms with Crippen molar-refractivity contribution >= 4 is 11.0 Å². The maximum atomic E-state index is 13.6. The van der Waals surface area contributed by atoms with E-state index in [1.165, 1.54) is 24.5 Å². The molecule has 0 bridgehead atoms. The Morgan fingerprint density at radius 3 is 2.96 bits per heavy atom. The number of ether oxygens (including phenoxy) is 2. The van der Waals surface area contributed by atoms with Crippen LogP contribution in [0.4, 0.5) is 4.39 Å². The second kappa shape index (κ2) is 6.94. The van der Waals surface area contributed by atoms with Gasteiger partial charge in [-0.05, 0) is 37.2 Å². The number of halogens is 1. The average molecular weight is 350 g/mol. The zero-order valence-electron chi connectivity index (χ0n) is 13.8. The molecule has 1 aliphatic heterocycles. The maximum absolute atomic E-state index is 13.6. The number of aromatic nitrogens is 3. The first-order chi connectivity index (χ1) is 12.7. The summed E-state index contributed by atoms with van der Waals surface area (Å²) in [6.07, 6.45) is 7.69. The van der Waals surface area contributed by atoms with Crippen LogP contribution < -0.4 is 14.8 Å². The van der Waals surface area contributed by atoms with Gasteiger partial charge in [-0.3, -0.25) is 0 Å². The van der Waals surface area contributed by atoms with Gasteiger partial charge in [-0.25, -0.2) is 14.4 Å². The van der Waals surface area contributed by atoms with E-state index in [9.17, 15) is 4.39 Å². The smallest absolute Gasteiger partial charge is 0.249 e. The van der Waals surface area contributed by atoms with Crippen LogP contribution in [-0.2, 0) is 0 Å². The Morgan fingerprint density at radius 1 is 1.23 bits per heavy atom. The van der Waals surface area contributed by atoms with Gasteiger partial charge >= 0.3 is 0 Å². The van der Waals surface area contributed by atoms with E-state index in [0.29, 0.717) is 22.7 Å². The van der Waals surface area contributed by atoms with Gasteiger partial charge in [0.2, 0.25) is 11.8 Å². The van der Waals surface area contributed by atoms with Crippen molar-refractivity contribution in [3.63, 3.8) is 0 Å². The molecule has 3 heterocycles. The molecule has 0 radical (unpaired) electrons. The van der Waals surface area contributed by atoms with E-state index in [-0.39, 0.29) is 17.5 Å². The molecule has 3 aromatic rings. The van der Waals surface area contributed by atoms with Crippen LogP contribution in [-0.4, -0.2) is 34.1 Å². The summed E-state index contributed by atoms with van der Waals surface area (Å²) < 4.78 is 25.2. The second-order valence-electron chi connectivity index (χ2n) is 5.82. The fraction of sp³-hybridized carbons (Fsp3) is 0.211. The summed E-state index contributed by atoms with van der Waals surface area (Å²) in [5.74, 6) is 2.90. The molecule has 1 N–H and O–H groups in total. The standard InChI is InChI=1S/C19H15FN4O2/c1-2-12-9-13(3-4-15(12)20)26-19-18-16(22-11-23-19)5-6-17(24-18)25-14-7-8-21-10-14/h1,3-6,9,11,14,21H,7-8,10H2/t14-/m0/s1. The van der Waals surface area contributed by atoms with Crippen molar-refractivity contribution in [3.05, 3.63) is 48.0 Å². The van der Waals surface area contributed by atoms with Crippen LogP contribution in [0.15, 0.2) is 36.7 Å². The molecular weight excluding hydrogens is 335 g/mol. The first-order valence-electron chi connectivity index (χ1n) is 8.16. The maximum Gasteiger partial charge on any atom is 0.249 e. The molecule has 0 amide bonds. The van der Waals surface area contributed by atoms with E-state index in [2.05, 4.69) is 26.2 Å². The van der Waals surface area contributed by atoms with Crippen LogP contribution in [0, 0.1) is 18.2 Å². The van der Waals surface area contributed by atoms with Gasteiger partial charge < -0.3 is 14.8 Å². The molecule has 0 spiro atoms. The number of benzene rings is 1. The van der Waals surface area contributed by atoms with E-state index < -0.39 is 5.82 Å². The Balaban J connectivity index is 1.66. The fourth-order valence-corrected chi connectivity index (χ4v) is 2.73. The molecular formula is C19H15FN4O2. The number of hydrogen-bond acceptors (Lipinski definition) is 6. The van der Waals surface area contributed by atoms with Gasteiger partial charge in [0.25, 0.3) is 0 Å². The predicted octanol–water partition coefficient (Wildman–Crippen LogP) is 2.68. The van der Waals surface area contributed by atoms with Gasteiger partial charge in [0.15, 0.2) is 5.52 Å². The lowest BCUT2D eigenvalue weighted by molar-refractivity contribution is 0.214. The van der Waals surface area contributed by atoms with Crippen molar-refractivity contribution in [2.24, 2.45) is 0 Å². The number of nitrogens with one attached hydrogen (secondary N) is 1. The minimum atomic E-state index is -0.480. The van der Waals surface area contributed by atoms with Crippen molar-refractivity contribution in [1.82, 2.24) is 20.3 Å². The molecule has 130 valence electrons. The van der Waals surface area contributed by atoms with Crippen molar-refractivity contribution in [1.29, 1.82) is 0 Å². The van der Waals surface area contributed by atoms with Crippen LogP contribution in [0.25, 0.3) is 11.0 Å². The summed E-state index contributed by atoms with van der Waals surface area (Å²) in [6, 6.07) is 7.74. The predicted molar refractivity (Wildman–Crippen MR) is 93.6 cm³/mol. The molecule has 1 saturated heterocycles. The first-order valence-corrected chi connectivity index (χ1v) is 8.16. The minimum absolute atomic E-state index is 0.0873. The molecule has 0 aliphatic carbocycles. The quantitative estimate of drug-likeness (QED) is 0.730. The number of fused-ring (bicyclic) bond motifs is 1. The van der Waals surface area contributed by atoms with Crippen molar-refractivity contribution in [2.45, 2.75) is 12.5 Å². The summed E-state index contributed by atoms with van der Waals surface area (Å²) in [4.78, 5) is 12.8. The highest BCUT2D eigenvalue weighted by molar-refractivity contribution is 5.79. The number of pyridine rings is 1. The number of rotatable bonds is 4. The molecule has 7 heteroatoms. The second-order valence-corrected chi connectivity index (χ2v) is 5.82. The molecule has 1 fully saturated rings. The molecule has 6 nitrogen and oxygen atoms in total. The Morgan fingerprint density at radius 2 is 2.15 bits per heavy atom. The van der Waals surface area contributed by atoms with E-state index in [0.717, 1.165) is 19.5 Å². The zero-order chi connectivity index (χ0) is 17.9. The molecule has 2 aromatic heterocycles. The lowest BCUT2D eigenvalue weighted by Crippen LogP contribution is -2.20. The largest absolute Gasteiger partial charge is 0.473 e. The molecule has 4 rings (SSSR count). The van der Waals surface area contributed by atoms with E-state index in [1.54, 1.807) is 12.1 Å². The SMILES string of the molecule is C#Cc1cc(Oc2ncnc3ccc(O[C@H]4CCNC4)nc23)ccc1F. The number of terminal acetylenes is 1. The summed E-state index contributed by atoms with van der Waals surface area (Å²) in [5.41, 5.74) is 1.19. The Hall–Kier alpha value is -3.24. The summed E-state index contributed by atoms with van der Waals surface area (Å²) in [6.45, 7) is 1.72. The summed E-state index contributed by atoms with van der Waals surface area (Å²) in [7, 11) is 0. The van der Waals surface area contributed by atoms with Crippen molar-refractivity contribution < 1.29 is 13.9 Å². The monoisotopic (exact) mass is 350 g/mol. The van der Waals surface area contributed by atoms with Crippen LogP contribution in [0.1, 0.15) is 12.0 Å². The van der Waals surface area contributed by atoms with Gasteiger partial charge in [-0.2, -0.15) is 4.98 Å². The first kappa shape index (κ1) is 16.2. The molecule has 1 atom stereocenters. The highest BCUT2D eigenvalue weighted by Gasteiger charge is 2.17. The molecule has 0 unspecified atom stereocenters. The highest BCUT2D eigenvalue weighted by atomic mass is 19.1. The third kappa shape index (κ3) is 3.27. The lowest BCUT2D eigenvalue weighted by atomic mass is 10.2. The number of nitrogens with zero attached hydrogens (tertiary/aromatic N) is 3. The van der Waals surface area contributed by atoms with Crippen LogP contribution in [0.3, 0.4) is 0 Å². The third-order valence-electron chi connectivity index (χ3n) is 4.03. The molecule has 1 aromatic carbocycles. The van der Waals surface area contributed by atoms with Crippen molar-refractivity contribution in [2.75, 3.05) is 13.1 Å². The molecule has 0 saturated carbocycles. The van der Waals surface area contributed by atoms with Gasteiger partial charge in [-0.1, -0.05) is 5.92 Å². The summed E-state index contributed by atoms with van der Waals surface area (Å²) in [5, 5.41) is 3.24. The zero-order valence-corrected chi connectivity index (χ0v) is 13.8. The number of hydrogen-bond donors (Lipinski definition) is 1. The molecule has 1 aliphatic rings. The normalized spacial score (nSPS) is 16.4. The summed E-state index contributed by atoms with van der Waals surface area (Å²) >= 11 is 0. The topological polar surface area (TPSA) is 69.2 Å². The van der Waals surface area contributed by atoms with Crippen LogP contribution in [0.2, 0.25) is 0 Å². The molecule has 26 heavy (non-hydrogen) atoms. The third-order valence-corrected chi connectivity index (χ3v) is 4.03. The Kier molecular flexibility index (Phi) is 4.33. The Labute approximate surface area is 149 Å². The fourth-order valence-electron chi connectivity index (χ4n) is 2.73. The lowest BCUT2D eigenvalue weighted by Gasteiger charge is -2.12. The van der Waals surface area contributed by atoms with Crippen molar-refractivity contribution in [3.8, 4) is 29.9 Å². The Bertz CT molecular complexity index is 996.